The fraction of sp³-hybridized carbons (Fsp3) is 0.364. The molecule has 1 fully saturated rings. The van der Waals surface area contributed by atoms with Crippen LogP contribution in [0.25, 0.3) is 0 Å². The smallest absolute Gasteiger partial charge is 0.301 e. The van der Waals surface area contributed by atoms with Crippen LogP contribution in [-0.2, 0) is 25.8 Å². The van der Waals surface area contributed by atoms with Crippen molar-refractivity contribution >= 4 is 35.0 Å². The minimum absolute atomic E-state index is 0.0358. The van der Waals surface area contributed by atoms with Gasteiger partial charge in [-0.1, -0.05) is 49.2 Å². The molecule has 5 nitrogen and oxygen atoms in total. The zero-order chi connectivity index (χ0) is 22.6. The molecule has 164 valence electrons. The molecule has 0 saturated carbocycles. The Bertz CT molecular complexity index is 1050. The van der Waals surface area contributed by atoms with E-state index in [0.29, 0.717) is 16.7 Å². The second-order valence-corrected chi connectivity index (χ2v) is 9.00. The molecule has 0 N–H and O–H groups in total. The lowest BCUT2D eigenvalue weighted by Crippen LogP contribution is -2.59. The van der Waals surface area contributed by atoms with Crippen molar-refractivity contribution in [2.75, 3.05) is 13.1 Å². The summed E-state index contributed by atoms with van der Waals surface area (Å²) < 4.78 is 34.7. The molecule has 1 saturated heterocycles. The molecule has 0 aliphatic carbocycles. The first-order valence-electron chi connectivity index (χ1n) is 9.71. The highest BCUT2D eigenvalue weighted by molar-refractivity contribution is 6.35. The van der Waals surface area contributed by atoms with Crippen molar-refractivity contribution in [1.82, 2.24) is 4.90 Å². The Hall–Kier alpha value is -2.38. The summed E-state index contributed by atoms with van der Waals surface area (Å²) in [6, 6.07) is 9.33. The van der Waals surface area contributed by atoms with Gasteiger partial charge in [0.2, 0.25) is 5.91 Å². The molecule has 2 aliphatic rings. The molecule has 1 unspecified atom stereocenters. The van der Waals surface area contributed by atoms with E-state index in [-0.39, 0.29) is 40.9 Å². The van der Waals surface area contributed by atoms with Gasteiger partial charge in [-0.15, -0.1) is 0 Å². The first-order valence-corrected chi connectivity index (χ1v) is 10.5. The van der Waals surface area contributed by atoms with Crippen LogP contribution >= 0.6 is 23.2 Å². The van der Waals surface area contributed by atoms with E-state index in [1.165, 1.54) is 17.0 Å². The van der Waals surface area contributed by atoms with Crippen LogP contribution < -0.4 is 0 Å². The highest BCUT2D eigenvalue weighted by Crippen LogP contribution is 2.39. The van der Waals surface area contributed by atoms with Gasteiger partial charge in [0.15, 0.2) is 11.5 Å². The van der Waals surface area contributed by atoms with E-state index in [4.69, 9.17) is 32.8 Å². The van der Waals surface area contributed by atoms with E-state index in [9.17, 15) is 9.18 Å². The molecule has 1 atom stereocenters. The van der Waals surface area contributed by atoms with Gasteiger partial charge in [-0.05, 0) is 35.0 Å². The first kappa shape index (κ1) is 21.8. The van der Waals surface area contributed by atoms with Crippen LogP contribution in [0.1, 0.15) is 37.5 Å². The van der Waals surface area contributed by atoms with E-state index in [1.807, 2.05) is 0 Å². The van der Waals surface area contributed by atoms with Crippen molar-refractivity contribution in [1.29, 1.82) is 0 Å². The average molecular weight is 469 g/mol. The number of benzene rings is 2. The van der Waals surface area contributed by atoms with Gasteiger partial charge in [0, 0.05) is 24.0 Å². The summed E-state index contributed by atoms with van der Waals surface area (Å²) in [5.41, 5.74) is -0.131. The average Bonchev–Trinajstić information content (AvgIpc) is 3.12. The Morgan fingerprint density at radius 2 is 1.71 bits per heavy atom. The number of amides is 1. The molecular formula is C22H20Cl2F2N2O3. The maximum absolute atomic E-state index is 15.1. The molecule has 0 aromatic heterocycles. The Morgan fingerprint density at radius 1 is 1.13 bits per heavy atom. The summed E-state index contributed by atoms with van der Waals surface area (Å²) in [4.78, 5) is 18.9. The SMILES string of the molecule is CC(C)C(=O)N1CC(F)(c2ccc(C3=NOC(C)(c4cc(Cl)c(F)c(Cl)c4)O3)cc2)C1. The molecule has 31 heavy (non-hydrogen) atoms. The summed E-state index contributed by atoms with van der Waals surface area (Å²) in [5, 5.41) is 3.65. The second-order valence-electron chi connectivity index (χ2n) is 8.18. The molecule has 2 aromatic carbocycles. The highest BCUT2D eigenvalue weighted by Gasteiger charge is 2.47. The lowest BCUT2D eigenvalue weighted by atomic mass is 9.86. The second kappa shape index (κ2) is 7.64. The molecule has 2 aliphatic heterocycles. The van der Waals surface area contributed by atoms with Gasteiger partial charge < -0.3 is 14.5 Å². The Kier molecular flexibility index (Phi) is 5.38. The van der Waals surface area contributed by atoms with E-state index < -0.39 is 17.3 Å². The number of ether oxygens (including phenoxy) is 1. The number of nitrogens with zero attached hydrogens (tertiary/aromatic N) is 2. The van der Waals surface area contributed by atoms with Gasteiger partial charge in [0.25, 0.3) is 5.90 Å². The van der Waals surface area contributed by atoms with Crippen LogP contribution in [0, 0.1) is 11.7 Å². The molecule has 1 amide bonds. The molecule has 2 aromatic rings. The Balaban J connectivity index is 1.47. The van der Waals surface area contributed by atoms with Crippen molar-refractivity contribution in [2.45, 2.75) is 32.2 Å². The van der Waals surface area contributed by atoms with E-state index in [2.05, 4.69) is 5.16 Å². The van der Waals surface area contributed by atoms with Crippen LogP contribution in [-0.4, -0.2) is 29.8 Å². The third-order valence-corrected chi connectivity index (χ3v) is 5.99. The van der Waals surface area contributed by atoms with E-state index in [1.54, 1.807) is 45.0 Å². The monoisotopic (exact) mass is 468 g/mol. The van der Waals surface area contributed by atoms with Crippen molar-refractivity contribution < 1.29 is 23.1 Å². The zero-order valence-electron chi connectivity index (χ0n) is 17.1. The maximum atomic E-state index is 15.1. The van der Waals surface area contributed by atoms with Gasteiger partial charge in [-0.3, -0.25) is 4.79 Å². The molecule has 9 heteroatoms. The van der Waals surface area contributed by atoms with Crippen LogP contribution in [0.3, 0.4) is 0 Å². The topological polar surface area (TPSA) is 51.1 Å². The molecule has 0 spiro atoms. The highest BCUT2D eigenvalue weighted by atomic mass is 35.5. The van der Waals surface area contributed by atoms with Crippen molar-refractivity contribution in [2.24, 2.45) is 11.1 Å². The van der Waals surface area contributed by atoms with Gasteiger partial charge in [-0.25, -0.2) is 8.78 Å². The number of rotatable bonds is 4. The summed E-state index contributed by atoms with van der Waals surface area (Å²) >= 11 is 11.7. The lowest BCUT2D eigenvalue weighted by Gasteiger charge is -2.45. The summed E-state index contributed by atoms with van der Waals surface area (Å²) in [5.74, 6) is -2.11. The third kappa shape index (κ3) is 3.85. The number of carbonyl (C=O) groups is 1. The van der Waals surface area contributed by atoms with Crippen LogP contribution in [0.4, 0.5) is 8.78 Å². The molecule has 2 heterocycles. The number of oxime groups is 1. The predicted octanol–water partition coefficient (Wildman–Crippen LogP) is 5.38. The van der Waals surface area contributed by atoms with E-state index >= 15 is 4.39 Å². The fourth-order valence-electron chi connectivity index (χ4n) is 3.57. The van der Waals surface area contributed by atoms with Crippen molar-refractivity contribution in [3.63, 3.8) is 0 Å². The third-order valence-electron chi connectivity index (χ3n) is 5.44. The number of alkyl halides is 1. The predicted molar refractivity (Wildman–Crippen MR) is 113 cm³/mol. The number of carbonyl (C=O) groups excluding carboxylic acids is 1. The van der Waals surface area contributed by atoms with Gasteiger partial charge >= 0.3 is 5.79 Å². The number of halogens is 4. The summed E-state index contributed by atoms with van der Waals surface area (Å²) in [6.07, 6.45) is 0. The maximum Gasteiger partial charge on any atom is 0.301 e. The van der Waals surface area contributed by atoms with Crippen LogP contribution in [0.5, 0.6) is 0 Å². The Morgan fingerprint density at radius 3 is 2.26 bits per heavy atom. The normalized spacial score (nSPS) is 21.9. The van der Waals surface area contributed by atoms with Crippen molar-refractivity contribution in [3.05, 3.63) is 69.0 Å². The molecule has 0 bridgehead atoms. The first-order chi connectivity index (χ1) is 14.5. The summed E-state index contributed by atoms with van der Waals surface area (Å²) in [6.45, 7) is 5.26. The quantitative estimate of drug-likeness (QED) is 0.566. The molecule has 0 radical (unpaired) electrons. The standard InChI is InChI=1S/C22H20Cl2F2N2O3/c1-12(2)20(29)28-10-22(26,11-28)14-6-4-13(5-7-14)19-27-31-21(3,30-19)15-8-16(23)18(25)17(24)9-15/h4-9,12H,10-11H2,1-3H3. The Labute approximate surface area is 188 Å². The van der Waals surface area contributed by atoms with Gasteiger partial charge in [0.1, 0.15) is 0 Å². The fourth-order valence-corrected chi connectivity index (χ4v) is 4.05. The molecule has 4 rings (SSSR count). The minimum atomic E-state index is -1.58. The van der Waals surface area contributed by atoms with Crippen LogP contribution in [0.2, 0.25) is 10.0 Å². The number of hydrogen-bond acceptors (Lipinski definition) is 4. The molecular weight excluding hydrogens is 449 g/mol. The van der Waals surface area contributed by atoms with Gasteiger partial charge in [0.05, 0.1) is 23.1 Å². The zero-order valence-corrected chi connectivity index (χ0v) is 18.6. The minimum Gasteiger partial charge on any atom is -0.426 e. The van der Waals surface area contributed by atoms with Crippen LogP contribution in [0.15, 0.2) is 41.6 Å². The largest absolute Gasteiger partial charge is 0.426 e. The number of likely N-dealkylation sites (tertiary alicyclic amines) is 1. The summed E-state index contributed by atoms with van der Waals surface area (Å²) in [7, 11) is 0. The number of hydrogen-bond donors (Lipinski definition) is 0. The van der Waals surface area contributed by atoms with E-state index in [0.717, 1.165) is 0 Å². The van der Waals surface area contributed by atoms with Gasteiger partial charge in [-0.2, -0.15) is 0 Å². The lowest BCUT2D eigenvalue weighted by molar-refractivity contribution is -0.152. The van der Waals surface area contributed by atoms with Crippen molar-refractivity contribution in [3.8, 4) is 0 Å².